The Bertz CT molecular complexity index is 679. The van der Waals surface area contributed by atoms with Gasteiger partial charge >= 0.3 is 0 Å². The molecule has 22 heavy (non-hydrogen) atoms. The zero-order valence-electron chi connectivity index (χ0n) is 12.6. The summed E-state index contributed by atoms with van der Waals surface area (Å²) in [7, 11) is 0. The number of fused-ring (bicyclic) bond motifs is 1. The van der Waals surface area contributed by atoms with Gasteiger partial charge in [-0.15, -0.1) is 0 Å². The fourth-order valence-corrected chi connectivity index (χ4v) is 2.88. The third-order valence-corrected chi connectivity index (χ3v) is 3.93. The van der Waals surface area contributed by atoms with Gasteiger partial charge in [-0.2, -0.15) is 0 Å². The molecular weight excluding hydrogens is 303 g/mol. The Balaban J connectivity index is 1.98. The molecule has 3 nitrogen and oxygen atoms in total. The minimum absolute atomic E-state index is 0.0846. The number of rotatable bonds is 2. The monoisotopic (exact) mass is 320 g/mol. The average molecular weight is 321 g/mol. The van der Waals surface area contributed by atoms with Gasteiger partial charge in [0.1, 0.15) is 11.5 Å². The molecule has 1 fully saturated rings. The second-order valence-electron chi connectivity index (χ2n) is 5.82. The summed E-state index contributed by atoms with van der Waals surface area (Å²) in [6.45, 7) is 4.01. The van der Waals surface area contributed by atoms with E-state index in [2.05, 4.69) is 16.1 Å². The first-order chi connectivity index (χ1) is 10.5. The number of hydrogen-bond acceptors (Lipinski definition) is 3. The molecule has 0 N–H and O–H groups in total. The number of aliphatic imine (C=N–C) groups is 2. The lowest BCUT2D eigenvalue weighted by atomic mass is 9.89. The number of benzene rings is 1. The lowest BCUT2D eigenvalue weighted by Crippen LogP contribution is -2.12. The van der Waals surface area contributed by atoms with E-state index in [1.807, 2.05) is 13.8 Å². The first-order valence-corrected chi connectivity index (χ1v) is 7.92. The van der Waals surface area contributed by atoms with E-state index in [1.54, 1.807) is 12.1 Å². The molecule has 0 spiro atoms. The predicted octanol–water partition coefficient (Wildman–Crippen LogP) is 5.07. The first-order valence-electron chi connectivity index (χ1n) is 7.54. The first kappa shape index (κ1) is 15.2. The van der Waals surface area contributed by atoms with Crippen LogP contribution in [-0.4, -0.2) is 17.8 Å². The second kappa shape index (κ2) is 6.21. The zero-order chi connectivity index (χ0) is 15.7. The van der Waals surface area contributed by atoms with E-state index in [4.69, 9.17) is 16.3 Å². The van der Waals surface area contributed by atoms with Gasteiger partial charge < -0.3 is 4.74 Å². The largest absolute Gasteiger partial charge is 0.424 e. The Morgan fingerprint density at radius 2 is 2.18 bits per heavy atom. The Kier molecular flexibility index (Phi) is 4.30. The van der Waals surface area contributed by atoms with Crippen LogP contribution in [0.4, 0.5) is 10.1 Å². The molecule has 3 rings (SSSR count). The fraction of sp³-hybridized carbons (Fsp3) is 0.412. The van der Waals surface area contributed by atoms with E-state index in [9.17, 15) is 4.39 Å². The quantitative estimate of drug-likeness (QED) is 0.748. The second-order valence-corrected chi connectivity index (χ2v) is 6.26. The minimum Gasteiger partial charge on any atom is -0.424 e. The summed E-state index contributed by atoms with van der Waals surface area (Å²) in [6.07, 6.45) is 5.22. The highest BCUT2D eigenvalue weighted by atomic mass is 35.5. The van der Waals surface area contributed by atoms with Crippen LogP contribution < -0.4 is 0 Å². The molecule has 1 aromatic rings. The molecule has 1 atom stereocenters. The van der Waals surface area contributed by atoms with Crippen molar-refractivity contribution in [2.45, 2.75) is 39.2 Å². The molecule has 1 aliphatic carbocycles. The maximum Gasteiger partial charge on any atom is 0.220 e. The summed E-state index contributed by atoms with van der Waals surface area (Å²) in [5.41, 5.74) is 1.34. The maximum atomic E-state index is 13.9. The van der Waals surface area contributed by atoms with Crippen molar-refractivity contribution in [1.29, 1.82) is 0 Å². The van der Waals surface area contributed by atoms with Gasteiger partial charge in [-0.3, -0.25) is 0 Å². The fourth-order valence-electron chi connectivity index (χ4n) is 2.73. The van der Waals surface area contributed by atoms with Crippen molar-refractivity contribution in [3.05, 3.63) is 40.7 Å². The SMILES string of the molecule is CC(C)N=C1OC(=Nc2ccc(Cl)cc2F)C2CCCC=C12. The van der Waals surface area contributed by atoms with Crippen molar-refractivity contribution in [1.82, 2.24) is 0 Å². The molecule has 0 amide bonds. The Morgan fingerprint density at radius 1 is 1.36 bits per heavy atom. The molecule has 2 aliphatic rings. The van der Waals surface area contributed by atoms with Gasteiger partial charge in [-0.25, -0.2) is 14.4 Å². The van der Waals surface area contributed by atoms with Crippen LogP contribution in [-0.2, 0) is 4.74 Å². The van der Waals surface area contributed by atoms with Gasteiger partial charge in [-0.1, -0.05) is 17.7 Å². The Hall–Kier alpha value is -1.68. The van der Waals surface area contributed by atoms with Crippen LogP contribution in [0.25, 0.3) is 0 Å². The third kappa shape index (κ3) is 3.07. The number of halogens is 2. The van der Waals surface area contributed by atoms with Crippen LogP contribution in [0.1, 0.15) is 33.1 Å². The highest BCUT2D eigenvalue weighted by Gasteiger charge is 2.36. The lowest BCUT2D eigenvalue weighted by molar-refractivity contribution is 0.526. The summed E-state index contributed by atoms with van der Waals surface area (Å²) in [5, 5.41) is 0.356. The molecule has 1 heterocycles. The lowest BCUT2D eigenvalue weighted by Gasteiger charge is -2.13. The molecule has 1 unspecified atom stereocenters. The van der Waals surface area contributed by atoms with Crippen LogP contribution in [0.5, 0.6) is 0 Å². The van der Waals surface area contributed by atoms with Gasteiger partial charge in [0.05, 0.1) is 5.92 Å². The topological polar surface area (TPSA) is 34.0 Å². The normalized spacial score (nSPS) is 24.6. The molecule has 1 aromatic carbocycles. The van der Waals surface area contributed by atoms with Crippen LogP contribution in [0, 0.1) is 11.7 Å². The highest BCUT2D eigenvalue weighted by molar-refractivity contribution is 6.30. The van der Waals surface area contributed by atoms with Gasteiger partial charge in [0.25, 0.3) is 0 Å². The highest BCUT2D eigenvalue weighted by Crippen LogP contribution is 2.35. The van der Waals surface area contributed by atoms with Crippen molar-refractivity contribution < 1.29 is 9.13 Å². The van der Waals surface area contributed by atoms with Crippen molar-refractivity contribution in [3.8, 4) is 0 Å². The van der Waals surface area contributed by atoms with E-state index >= 15 is 0 Å². The van der Waals surface area contributed by atoms with Crippen LogP contribution in [0.15, 0.2) is 39.8 Å². The summed E-state index contributed by atoms with van der Waals surface area (Å²) in [5.74, 6) is 0.805. The van der Waals surface area contributed by atoms with E-state index in [-0.39, 0.29) is 17.6 Å². The standard InChI is InChI=1S/C17H18ClFN2O/c1-10(2)20-16-12-5-3-4-6-13(12)17(22-16)21-15-8-7-11(18)9-14(15)19/h5,7-10,13H,3-4,6H2,1-2H3. The van der Waals surface area contributed by atoms with E-state index < -0.39 is 5.82 Å². The summed E-state index contributed by atoms with van der Waals surface area (Å²) in [6, 6.07) is 4.60. The van der Waals surface area contributed by atoms with Gasteiger partial charge in [-0.05, 0) is 51.3 Å². The van der Waals surface area contributed by atoms with Crippen LogP contribution >= 0.6 is 11.6 Å². The number of ether oxygens (including phenoxy) is 1. The number of nitrogens with zero attached hydrogens (tertiary/aromatic N) is 2. The molecule has 5 heteroatoms. The Labute approximate surface area is 134 Å². The summed E-state index contributed by atoms with van der Waals surface area (Å²) < 4.78 is 19.8. The average Bonchev–Trinajstić information content (AvgIpc) is 2.80. The number of allylic oxidation sites excluding steroid dienone is 1. The molecule has 1 saturated heterocycles. The van der Waals surface area contributed by atoms with Gasteiger partial charge in [0.2, 0.25) is 11.8 Å². The smallest absolute Gasteiger partial charge is 0.220 e. The molecule has 116 valence electrons. The number of hydrogen-bond donors (Lipinski definition) is 0. The summed E-state index contributed by atoms with van der Waals surface area (Å²) >= 11 is 5.78. The molecule has 1 aliphatic heterocycles. The predicted molar refractivity (Wildman–Crippen MR) is 87.6 cm³/mol. The van der Waals surface area contributed by atoms with Crippen molar-refractivity contribution in [2.75, 3.05) is 0 Å². The Morgan fingerprint density at radius 3 is 2.91 bits per heavy atom. The van der Waals surface area contributed by atoms with Crippen LogP contribution in [0.2, 0.25) is 5.02 Å². The van der Waals surface area contributed by atoms with Crippen molar-refractivity contribution >= 4 is 29.1 Å². The summed E-state index contributed by atoms with van der Waals surface area (Å²) in [4.78, 5) is 8.90. The molecule has 0 bridgehead atoms. The molecular formula is C17H18ClFN2O. The maximum absolute atomic E-state index is 13.9. The van der Waals surface area contributed by atoms with E-state index in [0.29, 0.717) is 16.8 Å². The van der Waals surface area contributed by atoms with E-state index in [1.165, 1.54) is 6.07 Å². The minimum atomic E-state index is -0.445. The zero-order valence-corrected chi connectivity index (χ0v) is 13.4. The molecule has 0 aromatic heterocycles. The van der Waals surface area contributed by atoms with Crippen molar-refractivity contribution in [3.63, 3.8) is 0 Å². The van der Waals surface area contributed by atoms with Crippen molar-refractivity contribution in [2.24, 2.45) is 15.9 Å². The molecule has 0 saturated carbocycles. The third-order valence-electron chi connectivity index (χ3n) is 3.70. The van der Waals surface area contributed by atoms with Gasteiger partial charge in [0.15, 0.2) is 0 Å². The van der Waals surface area contributed by atoms with Crippen LogP contribution in [0.3, 0.4) is 0 Å². The molecule has 0 radical (unpaired) electrons. The van der Waals surface area contributed by atoms with Gasteiger partial charge in [0, 0.05) is 16.6 Å². The van der Waals surface area contributed by atoms with E-state index in [0.717, 1.165) is 24.8 Å².